The zero-order valence-electron chi connectivity index (χ0n) is 5.39. The quantitative estimate of drug-likeness (QED) is 0.444. The van der Waals surface area contributed by atoms with Gasteiger partial charge in [-0.25, -0.2) is 0 Å². The molecule has 0 saturated heterocycles. The van der Waals surface area contributed by atoms with Crippen LogP contribution in [0.25, 0.3) is 0 Å². The summed E-state index contributed by atoms with van der Waals surface area (Å²) in [5.41, 5.74) is 0. The van der Waals surface area contributed by atoms with Gasteiger partial charge in [0.15, 0.2) is 0 Å². The van der Waals surface area contributed by atoms with Gasteiger partial charge in [0.25, 0.3) is 0 Å². The van der Waals surface area contributed by atoms with Crippen molar-refractivity contribution < 1.29 is 58.2 Å². The van der Waals surface area contributed by atoms with Gasteiger partial charge in [0.1, 0.15) is 0 Å². The third-order valence-corrected chi connectivity index (χ3v) is 0.607. The first-order valence-electron chi connectivity index (χ1n) is 1.91. The van der Waals surface area contributed by atoms with Gasteiger partial charge in [-0.15, -0.1) is 0 Å². The Balaban J connectivity index is 0. The van der Waals surface area contributed by atoms with E-state index in [9.17, 15) is 0 Å². The van der Waals surface area contributed by atoms with Crippen LogP contribution in [0.1, 0.15) is 0 Å². The third kappa shape index (κ3) is 5.17. The van der Waals surface area contributed by atoms with Crippen LogP contribution < -0.4 is 58.2 Å². The first-order valence-corrected chi connectivity index (χ1v) is 1.91. The van der Waals surface area contributed by atoms with Crippen LogP contribution in [0.5, 0.6) is 0 Å². The monoisotopic (exact) mass is 177 g/mol. The van der Waals surface area contributed by atoms with Crippen LogP contribution in [0.2, 0.25) is 0 Å². The Morgan fingerprint density at radius 3 is 1.50 bits per heavy atom. The minimum Gasteiger partial charge on any atom is -0.358 e. The maximum absolute atomic E-state index is 2.89. The summed E-state index contributed by atoms with van der Waals surface area (Å²) >= 11 is 0. The first-order chi connectivity index (χ1) is 3.00. The summed E-state index contributed by atoms with van der Waals surface area (Å²) in [6, 6.07) is 12.5. The molecule has 0 spiro atoms. The molecule has 1 aromatic carbocycles. The van der Waals surface area contributed by atoms with Crippen molar-refractivity contribution in [2.75, 3.05) is 0 Å². The second kappa shape index (κ2) is 8.03. The molecule has 0 aliphatic heterocycles. The molecule has 0 aromatic heterocycles. The second-order valence-electron chi connectivity index (χ2n) is 1.08. The molecule has 0 aliphatic rings. The van der Waals surface area contributed by atoms with E-state index in [0.717, 1.165) is 0 Å². The standard InChI is InChI=1S/C6H5.CH3.Rb/c1-2-4-6-5-3-1;;/h1-5H;1H3;/q2*-1;+1. The third-order valence-electron chi connectivity index (χ3n) is 0.607. The first kappa shape index (κ1) is 11.8. The van der Waals surface area contributed by atoms with E-state index >= 15 is 0 Å². The van der Waals surface area contributed by atoms with Crippen molar-refractivity contribution in [2.24, 2.45) is 0 Å². The van der Waals surface area contributed by atoms with Gasteiger partial charge in [0.05, 0.1) is 0 Å². The molecule has 8 heavy (non-hydrogen) atoms. The molecule has 1 rings (SSSR count). The molecular weight excluding hydrogens is 170 g/mol. The van der Waals surface area contributed by atoms with Crippen molar-refractivity contribution in [2.45, 2.75) is 0 Å². The van der Waals surface area contributed by atoms with E-state index in [1.807, 2.05) is 30.3 Å². The molecule has 0 unspecified atom stereocenters. The Morgan fingerprint density at radius 2 is 1.38 bits per heavy atom. The summed E-state index contributed by atoms with van der Waals surface area (Å²) in [4.78, 5) is 0. The maximum Gasteiger partial charge on any atom is 1.00 e. The SMILES string of the molecule is [CH3-].[Rb+].[c-]1ccccc1. The molecule has 0 atom stereocenters. The molecule has 0 fully saturated rings. The molecule has 1 aromatic rings. The average molecular weight is 178 g/mol. The summed E-state index contributed by atoms with van der Waals surface area (Å²) in [6.45, 7) is 0. The molecule has 38 valence electrons. The molecule has 0 N–H and O–H groups in total. The Morgan fingerprint density at radius 1 is 0.875 bits per heavy atom. The zero-order valence-corrected chi connectivity index (χ0v) is 10.3. The van der Waals surface area contributed by atoms with Crippen molar-refractivity contribution >= 4 is 0 Å². The van der Waals surface area contributed by atoms with Gasteiger partial charge in [-0.3, -0.25) is 0 Å². The van der Waals surface area contributed by atoms with Crippen molar-refractivity contribution in [1.82, 2.24) is 0 Å². The van der Waals surface area contributed by atoms with Gasteiger partial charge < -0.3 is 7.43 Å². The van der Waals surface area contributed by atoms with Crippen LogP contribution in [-0.4, -0.2) is 0 Å². The average Bonchev–Trinajstić information content (AvgIpc) is 1.72. The zero-order chi connectivity index (χ0) is 4.24. The van der Waals surface area contributed by atoms with Crippen LogP contribution in [-0.2, 0) is 0 Å². The summed E-state index contributed by atoms with van der Waals surface area (Å²) in [5.74, 6) is 0. The van der Waals surface area contributed by atoms with Gasteiger partial charge in [0.2, 0.25) is 0 Å². The topological polar surface area (TPSA) is 0 Å². The van der Waals surface area contributed by atoms with E-state index in [1.54, 1.807) is 0 Å². The summed E-state index contributed by atoms with van der Waals surface area (Å²) in [5, 5.41) is 0. The van der Waals surface area contributed by atoms with Crippen molar-refractivity contribution in [3.05, 3.63) is 43.8 Å². The smallest absolute Gasteiger partial charge is 0.358 e. The Bertz CT molecular complexity index is 76.3. The molecule has 0 heterocycles. The fourth-order valence-electron chi connectivity index (χ4n) is 0.342. The number of rotatable bonds is 0. The Hall–Kier alpha value is 1.03. The molecule has 0 saturated carbocycles. The normalized spacial score (nSPS) is 6.00. The van der Waals surface area contributed by atoms with Gasteiger partial charge in [-0.1, -0.05) is 0 Å². The predicted octanol–water partition coefficient (Wildman–Crippen LogP) is -1.06. The largest absolute Gasteiger partial charge is 1.00 e. The Kier molecular flexibility index (Phi) is 11.8. The van der Waals surface area contributed by atoms with E-state index < -0.39 is 0 Å². The fraction of sp³-hybridized carbons (Fsp3) is 0. The van der Waals surface area contributed by atoms with E-state index in [4.69, 9.17) is 0 Å². The van der Waals surface area contributed by atoms with Gasteiger partial charge in [-0.05, 0) is 0 Å². The molecule has 1 heteroatoms. The molecule has 0 aliphatic carbocycles. The fourth-order valence-corrected chi connectivity index (χ4v) is 0.342. The predicted molar refractivity (Wildman–Crippen MR) is 31.7 cm³/mol. The van der Waals surface area contributed by atoms with Crippen molar-refractivity contribution in [1.29, 1.82) is 0 Å². The van der Waals surface area contributed by atoms with E-state index in [-0.39, 0.29) is 65.6 Å². The van der Waals surface area contributed by atoms with Crippen molar-refractivity contribution in [3.8, 4) is 0 Å². The summed E-state index contributed by atoms with van der Waals surface area (Å²) in [6.07, 6.45) is 0. The maximum atomic E-state index is 2.89. The van der Waals surface area contributed by atoms with Crippen molar-refractivity contribution in [3.63, 3.8) is 0 Å². The molecule has 0 nitrogen and oxygen atoms in total. The molecule has 0 amide bonds. The summed E-state index contributed by atoms with van der Waals surface area (Å²) in [7, 11) is 0. The van der Waals surface area contributed by atoms with Gasteiger partial charge in [0, 0.05) is 0 Å². The number of benzene rings is 1. The number of hydrogen-bond donors (Lipinski definition) is 0. The summed E-state index contributed by atoms with van der Waals surface area (Å²) < 4.78 is 0. The van der Waals surface area contributed by atoms with Gasteiger partial charge >= 0.3 is 58.2 Å². The Labute approximate surface area is 100 Å². The molecular formula is C7H8Rb-. The van der Waals surface area contributed by atoms with E-state index in [2.05, 4.69) is 6.07 Å². The van der Waals surface area contributed by atoms with E-state index in [0.29, 0.717) is 0 Å². The van der Waals surface area contributed by atoms with E-state index in [1.165, 1.54) is 0 Å². The minimum atomic E-state index is 0. The minimum absolute atomic E-state index is 0. The number of hydrogen-bond acceptors (Lipinski definition) is 0. The second-order valence-corrected chi connectivity index (χ2v) is 1.08. The van der Waals surface area contributed by atoms with Crippen LogP contribution in [0.3, 0.4) is 0 Å². The molecule has 0 radical (unpaired) electrons. The van der Waals surface area contributed by atoms with Crippen LogP contribution in [0, 0.1) is 13.5 Å². The van der Waals surface area contributed by atoms with Gasteiger partial charge in [-0.2, -0.15) is 36.4 Å². The molecule has 0 bridgehead atoms. The van der Waals surface area contributed by atoms with Crippen LogP contribution in [0.4, 0.5) is 0 Å². The van der Waals surface area contributed by atoms with Crippen LogP contribution in [0.15, 0.2) is 30.3 Å². The van der Waals surface area contributed by atoms with Crippen LogP contribution >= 0.6 is 0 Å².